The molecule has 100 valence electrons. The van der Waals surface area contributed by atoms with Crippen LogP contribution in [0.2, 0.25) is 0 Å². The van der Waals surface area contributed by atoms with Crippen LogP contribution < -0.4 is 5.32 Å². The first-order chi connectivity index (χ1) is 8.29. The van der Waals surface area contributed by atoms with Crippen LogP contribution >= 0.6 is 0 Å². The Kier molecular flexibility index (Phi) is 3.36. The molecule has 0 bridgehead atoms. The molecule has 1 saturated heterocycles. The molecule has 1 aromatic carbocycles. The molecule has 0 saturated carbocycles. The van der Waals surface area contributed by atoms with Crippen LogP contribution in [0.5, 0.6) is 0 Å². The predicted molar refractivity (Wildman–Crippen MR) is 60.8 cm³/mol. The van der Waals surface area contributed by atoms with Gasteiger partial charge in [-0.15, -0.1) is 0 Å². The minimum absolute atomic E-state index is 0.00157. The van der Waals surface area contributed by atoms with Crippen molar-refractivity contribution >= 4 is 0 Å². The third-order valence-electron chi connectivity index (χ3n) is 3.48. The van der Waals surface area contributed by atoms with Gasteiger partial charge in [-0.05, 0) is 38.0 Å². The maximum Gasteiger partial charge on any atom is 0.419 e. The minimum atomic E-state index is -4.64. The molecule has 0 aromatic heterocycles. The number of hydrogen-bond donors (Lipinski definition) is 1. The van der Waals surface area contributed by atoms with Crippen molar-refractivity contribution in [1.29, 1.82) is 0 Å². The SMILES string of the molecule is CC1CC(c2ccc(F)c(C(F)(F)F)c2)C(C)N1. The average Bonchev–Trinajstić information content (AvgIpc) is 2.57. The second kappa shape index (κ2) is 4.53. The summed E-state index contributed by atoms with van der Waals surface area (Å²) in [6, 6.07) is 3.67. The molecule has 0 radical (unpaired) electrons. The summed E-state index contributed by atoms with van der Waals surface area (Å²) in [6.07, 6.45) is -3.87. The first-order valence-corrected chi connectivity index (χ1v) is 5.91. The highest BCUT2D eigenvalue weighted by Crippen LogP contribution is 2.36. The maximum atomic E-state index is 13.2. The molecule has 1 aliphatic heterocycles. The van der Waals surface area contributed by atoms with Crippen LogP contribution in [-0.4, -0.2) is 12.1 Å². The molecule has 0 aliphatic carbocycles. The maximum absolute atomic E-state index is 13.2. The Morgan fingerprint density at radius 2 is 1.89 bits per heavy atom. The molecular formula is C13H15F4N. The number of alkyl halides is 3. The summed E-state index contributed by atoms with van der Waals surface area (Å²) >= 11 is 0. The monoisotopic (exact) mass is 261 g/mol. The Hall–Kier alpha value is -1.10. The number of benzene rings is 1. The van der Waals surface area contributed by atoms with Crippen molar-refractivity contribution in [2.45, 2.75) is 44.4 Å². The lowest BCUT2D eigenvalue weighted by Crippen LogP contribution is -2.26. The largest absolute Gasteiger partial charge is 0.419 e. The molecule has 5 heteroatoms. The zero-order valence-electron chi connectivity index (χ0n) is 10.2. The summed E-state index contributed by atoms with van der Waals surface area (Å²) in [6.45, 7) is 3.93. The number of rotatable bonds is 1. The molecule has 1 heterocycles. The fourth-order valence-corrected chi connectivity index (χ4v) is 2.63. The van der Waals surface area contributed by atoms with Gasteiger partial charge in [-0.3, -0.25) is 0 Å². The second-order valence-corrected chi connectivity index (χ2v) is 4.94. The number of nitrogens with one attached hydrogen (secondary N) is 1. The van der Waals surface area contributed by atoms with E-state index in [9.17, 15) is 17.6 Å². The fourth-order valence-electron chi connectivity index (χ4n) is 2.63. The molecule has 1 aliphatic rings. The van der Waals surface area contributed by atoms with Gasteiger partial charge in [0.15, 0.2) is 0 Å². The number of halogens is 4. The molecule has 0 amide bonds. The molecule has 1 N–H and O–H groups in total. The van der Waals surface area contributed by atoms with Crippen LogP contribution in [0.3, 0.4) is 0 Å². The zero-order chi connectivity index (χ0) is 13.5. The highest BCUT2D eigenvalue weighted by molar-refractivity contribution is 5.31. The first kappa shape index (κ1) is 13.3. The van der Waals surface area contributed by atoms with Gasteiger partial charge in [-0.1, -0.05) is 6.07 Å². The Morgan fingerprint density at radius 1 is 1.22 bits per heavy atom. The molecule has 18 heavy (non-hydrogen) atoms. The second-order valence-electron chi connectivity index (χ2n) is 4.94. The third-order valence-corrected chi connectivity index (χ3v) is 3.48. The van der Waals surface area contributed by atoms with Crippen molar-refractivity contribution < 1.29 is 17.6 Å². The summed E-state index contributed by atoms with van der Waals surface area (Å²) in [4.78, 5) is 0. The summed E-state index contributed by atoms with van der Waals surface area (Å²) in [5.41, 5.74) is -0.625. The Balaban J connectivity index is 2.36. The van der Waals surface area contributed by atoms with E-state index in [0.717, 1.165) is 18.6 Å². The van der Waals surface area contributed by atoms with E-state index in [1.54, 1.807) is 0 Å². The summed E-state index contributed by atoms with van der Waals surface area (Å²) in [5.74, 6) is -1.21. The van der Waals surface area contributed by atoms with Crippen LogP contribution in [0.15, 0.2) is 18.2 Å². The van der Waals surface area contributed by atoms with Crippen molar-refractivity contribution in [1.82, 2.24) is 5.32 Å². The van der Waals surface area contributed by atoms with Gasteiger partial charge in [0.2, 0.25) is 0 Å². The first-order valence-electron chi connectivity index (χ1n) is 5.91. The van der Waals surface area contributed by atoms with E-state index < -0.39 is 17.6 Å². The molecule has 2 rings (SSSR count). The smallest absolute Gasteiger partial charge is 0.311 e. The summed E-state index contributed by atoms with van der Waals surface area (Å²) < 4.78 is 51.1. The Bertz CT molecular complexity index is 441. The van der Waals surface area contributed by atoms with E-state index in [-0.39, 0.29) is 18.0 Å². The van der Waals surface area contributed by atoms with Gasteiger partial charge >= 0.3 is 6.18 Å². The van der Waals surface area contributed by atoms with Crippen LogP contribution in [0.1, 0.15) is 37.3 Å². The van der Waals surface area contributed by atoms with Crippen molar-refractivity contribution in [2.24, 2.45) is 0 Å². The lowest BCUT2D eigenvalue weighted by Gasteiger charge is -2.17. The van der Waals surface area contributed by atoms with Gasteiger partial charge in [0.25, 0.3) is 0 Å². The molecule has 1 aromatic rings. The van der Waals surface area contributed by atoms with E-state index in [0.29, 0.717) is 5.56 Å². The molecule has 3 unspecified atom stereocenters. The lowest BCUT2D eigenvalue weighted by molar-refractivity contribution is -0.140. The van der Waals surface area contributed by atoms with Gasteiger partial charge in [0.1, 0.15) is 5.82 Å². The van der Waals surface area contributed by atoms with E-state index in [2.05, 4.69) is 5.32 Å². The lowest BCUT2D eigenvalue weighted by atomic mass is 9.90. The van der Waals surface area contributed by atoms with Gasteiger partial charge in [0.05, 0.1) is 5.56 Å². The zero-order valence-corrected chi connectivity index (χ0v) is 10.2. The molecule has 1 nitrogen and oxygen atoms in total. The summed E-state index contributed by atoms with van der Waals surface area (Å²) in [5, 5.41) is 3.26. The summed E-state index contributed by atoms with van der Waals surface area (Å²) in [7, 11) is 0. The van der Waals surface area contributed by atoms with Crippen LogP contribution in [0.4, 0.5) is 17.6 Å². The van der Waals surface area contributed by atoms with E-state index in [1.807, 2.05) is 13.8 Å². The van der Waals surface area contributed by atoms with Gasteiger partial charge in [0, 0.05) is 18.0 Å². The molecular weight excluding hydrogens is 246 g/mol. The average molecular weight is 261 g/mol. The molecule has 3 atom stereocenters. The van der Waals surface area contributed by atoms with Gasteiger partial charge < -0.3 is 5.32 Å². The van der Waals surface area contributed by atoms with E-state index in [4.69, 9.17) is 0 Å². The normalized spacial score (nSPS) is 28.7. The van der Waals surface area contributed by atoms with Crippen LogP contribution in [-0.2, 0) is 6.18 Å². The van der Waals surface area contributed by atoms with Gasteiger partial charge in [-0.2, -0.15) is 13.2 Å². The standard InChI is InChI=1S/C13H15F4N/c1-7-5-10(8(2)18-7)9-3-4-12(14)11(6-9)13(15,16)17/h3-4,6-8,10,18H,5H2,1-2H3. The van der Waals surface area contributed by atoms with E-state index in [1.165, 1.54) is 6.07 Å². The van der Waals surface area contributed by atoms with Crippen molar-refractivity contribution in [3.05, 3.63) is 35.1 Å². The Labute approximate surface area is 103 Å². The molecule has 1 fully saturated rings. The number of hydrogen-bond acceptors (Lipinski definition) is 1. The highest BCUT2D eigenvalue weighted by atomic mass is 19.4. The predicted octanol–water partition coefficient (Wildman–Crippen LogP) is 3.70. The third kappa shape index (κ3) is 2.51. The van der Waals surface area contributed by atoms with Crippen molar-refractivity contribution in [3.8, 4) is 0 Å². The van der Waals surface area contributed by atoms with Gasteiger partial charge in [-0.25, -0.2) is 4.39 Å². The molecule has 0 spiro atoms. The minimum Gasteiger partial charge on any atom is -0.311 e. The Morgan fingerprint density at radius 3 is 2.39 bits per heavy atom. The van der Waals surface area contributed by atoms with Crippen LogP contribution in [0.25, 0.3) is 0 Å². The highest BCUT2D eigenvalue weighted by Gasteiger charge is 2.36. The van der Waals surface area contributed by atoms with Crippen molar-refractivity contribution in [3.63, 3.8) is 0 Å². The topological polar surface area (TPSA) is 12.0 Å². The van der Waals surface area contributed by atoms with E-state index >= 15 is 0 Å². The van der Waals surface area contributed by atoms with Crippen LogP contribution in [0, 0.1) is 5.82 Å². The fraction of sp³-hybridized carbons (Fsp3) is 0.538. The quantitative estimate of drug-likeness (QED) is 0.760. The van der Waals surface area contributed by atoms with Crippen molar-refractivity contribution in [2.75, 3.05) is 0 Å².